The molecule has 0 saturated heterocycles. The molecule has 0 fully saturated rings. The predicted molar refractivity (Wildman–Crippen MR) is 122 cm³/mol. The molecule has 6 nitrogen and oxygen atoms in total. The van der Waals surface area contributed by atoms with E-state index >= 15 is 0 Å². The number of anilines is 1. The fourth-order valence-corrected chi connectivity index (χ4v) is 4.79. The van der Waals surface area contributed by atoms with Gasteiger partial charge in [-0.1, -0.05) is 23.4 Å². The highest BCUT2D eigenvalue weighted by molar-refractivity contribution is 7.99. The second-order valence-electron chi connectivity index (χ2n) is 6.48. The van der Waals surface area contributed by atoms with Crippen molar-refractivity contribution >= 4 is 56.5 Å². The van der Waals surface area contributed by atoms with E-state index in [1.165, 1.54) is 18.4 Å². The van der Waals surface area contributed by atoms with E-state index in [0.717, 1.165) is 28.5 Å². The summed E-state index contributed by atoms with van der Waals surface area (Å²) in [5, 5.41) is 4.86. The Balaban J connectivity index is 1.63. The molecule has 0 aliphatic carbocycles. The van der Waals surface area contributed by atoms with Crippen LogP contribution in [0.25, 0.3) is 15.9 Å². The van der Waals surface area contributed by atoms with E-state index in [-0.39, 0.29) is 22.5 Å². The first-order chi connectivity index (χ1) is 15.4. The zero-order chi connectivity index (χ0) is 22.8. The maximum absolute atomic E-state index is 13.8. The fraction of sp³-hybridized carbons (Fsp3) is 0.0952. The molecular formula is C21H14ClF2N3O3S2. The normalized spacial score (nSPS) is 11.0. The number of thiophene rings is 1. The van der Waals surface area contributed by atoms with E-state index in [1.54, 1.807) is 29.6 Å². The Morgan fingerprint density at radius 3 is 2.66 bits per heavy atom. The number of amides is 1. The van der Waals surface area contributed by atoms with Gasteiger partial charge in [-0.3, -0.25) is 14.2 Å². The van der Waals surface area contributed by atoms with Gasteiger partial charge in [0.1, 0.15) is 22.1 Å². The molecule has 4 rings (SSSR count). The minimum atomic E-state index is -0.830. The number of rotatable bonds is 6. The van der Waals surface area contributed by atoms with Crippen molar-refractivity contribution in [2.75, 3.05) is 18.2 Å². The molecule has 0 bridgehead atoms. The summed E-state index contributed by atoms with van der Waals surface area (Å²) >= 11 is 8.22. The van der Waals surface area contributed by atoms with Crippen molar-refractivity contribution in [1.29, 1.82) is 0 Å². The van der Waals surface area contributed by atoms with E-state index in [1.807, 2.05) is 0 Å². The number of fused-ring (bicyclic) bond motifs is 1. The topological polar surface area (TPSA) is 73.2 Å². The molecule has 0 aliphatic heterocycles. The molecule has 1 amide bonds. The van der Waals surface area contributed by atoms with E-state index < -0.39 is 17.2 Å². The Labute approximate surface area is 193 Å². The Bertz CT molecular complexity index is 1370. The summed E-state index contributed by atoms with van der Waals surface area (Å²) < 4.78 is 34.1. The molecule has 0 spiro atoms. The number of hydrogen-bond acceptors (Lipinski definition) is 6. The highest BCUT2D eigenvalue weighted by Gasteiger charge is 2.17. The number of thioether (sulfide) groups is 1. The van der Waals surface area contributed by atoms with Gasteiger partial charge in [0.2, 0.25) is 5.91 Å². The number of nitrogens with one attached hydrogen (secondary N) is 1. The quantitative estimate of drug-likeness (QED) is 0.298. The monoisotopic (exact) mass is 493 g/mol. The van der Waals surface area contributed by atoms with E-state index in [9.17, 15) is 18.4 Å². The first-order valence-electron chi connectivity index (χ1n) is 9.08. The third-order valence-electron chi connectivity index (χ3n) is 4.32. The van der Waals surface area contributed by atoms with Gasteiger partial charge in [-0.25, -0.2) is 13.8 Å². The van der Waals surface area contributed by atoms with Crippen LogP contribution in [0.5, 0.6) is 5.75 Å². The molecule has 1 N–H and O–H groups in total. The second-order valence-corrected chi connectivity index (χ2v) is 8.75. The van der Waals surface area contributed by atoms with Crippen molar-refractivity contribution in [2.45, 2.75) is 5.16 Å². The van der Waals surface area contributed by atoms with Gasteiger partial charge in [0.05, 0.1) is 29.1 Å². The molecular weight excluding hydrogens is 480 g/mol. The second kappa shape index (κ2) is 9.27. The Morgan fingerprint density at radius 2 is 1.97 bits per heavy atom. The van der Waals surface area contributed by atoms with E-state index in [4.69, 9.17) is 16.3 Å². The smallest absolute Gasteiger partial charge is 0.276 e. The summed E-state index contributed by atoms with van der Waals surface area (Å²) in [6, 6.07) is 9.25. The number of ether oxygens (including phenoxy) is 1. The molecule has 2 aromatic carbocycles. The van der Waals surface area contributed by atoms with Gasteiger partial charge in [0.25, 0.3) is 5.56 Å². The number of benzene rings is 2. The first kappa shape index (κ1) is 22.3. The van der Waals surface area contributed by atoms with Crippen LogP contribution >= 0.6 is 34.7 Å². The lowest BCUT2D eigenvalue weighted by molar-refractivity contribution is -0.113. The van der Waals surface area contributed by atoms with Crippen molar-refractivity contribution < 1.29 is 18.3 Å². The summed E-state index contributed by atoms with van der Waals surface area (Å²) in [5.74, 6) is -1.68. The van der Waals surface area contributed by atoms with Crippen LogP contribution in [-0.4, -0.2) is 28.3 Å². The lowest BCUT2D eigenvalue weighted by atomic mass is 10.3. The van der Waals surface area contributed by atoms with Crippen LogP contribution in [0.2, 0.25) is 5.02 Å². The van der Waals surface area contributed by atoms with Gasteiger partial charge in [0, 0.05) is 11.8 Å². The van der Waals surface area contributed by atoms with Gasteiger partial charge < -0.3 is 10.1 Å². The third kappa shape index (κ3) is 4.62. The molecule has 2 heterocycles. The predicted octanol–water partition coefficient (Wildman–Crippen LogP) is 5.12. The Morgan fingerprint density at radius 1 is 1.22 bits per heavy atom. The van der Waals surface area contributed by atoms with Crippen molar-refractivity contribution in [3.63, 3.8) is 0 Å². The summed E-state index contributed by atoms with van der Waals surface area (Å²) in [6.45, 7) is 0. The number of carbonyl (C=O) groups excluding carboxylic acids is 1. The SMILES string of the molecule is COc1ccc(NC(=O)CSc2nc3ccsc3c(=O)n2-c2cc(F)cc(F)c2)cc1Cl. The molecule has 0 aliphatic rings. The number of carbonyl (C=O) groups is 1. The highest BCUT2D eigenvalue weighted by atomic mass is 35.5. The molecule has 164 valence electrons. The molecule has 32 heavy (non-hydrogen) atoms. The van der Waals surface area contributed by atoms with Crippen LogP contribution in [0.3, 0.4) is 0 Å². The van der Waals surface area contributed by atoms with Gasteiger partial charge in [-0.05, 0) is 41.8 Å². The number of halogens is 3. The minimum Gasteiger partial charge on any atom is -0.495 e. The number of aromatic nitrogens is 2. The summed E-state index contributed by atoms with van der Waals surface area (Å²) in [5.41, 5.74) is 0.421. The maximum atomic E-state index is 13.8. The van der Waals surface area contributed by atoms with Crippen LogP contribution in [0.15, 0.2) is 57.8 Å². The van der Waals surface area contributed by atoms with Crippen LogP contribution < -0.4 is 15.6 Å². The van der Waals surface area contributed by atoms with Gasteiger partial charge >= 0.3 is 0 Å². The van der Waals surface area contributed by atoms with E-state index in [2.05, 4.69) is 10.3 Å². The number of nitrogens with zero attached hydrogens (tertiary/aromatic N) is 2. The zero-order valence-electron chi connectivity index (χ0n) is 16.4. The van der Waals surface area contributed by atoms with Crippen molar-refractivity contribution in [3.8, 4) is 11.4 Å². The number of methoxy groups -OCH3 is 1. The molecule has 4 aromatic rings. The first-order valence-corrected chi connectivity index (χ1v) is 11.3. The third-order valence-corrected chi connectivity index (χ3v) is 6.45. The molecule has 2 aromatic heterocycles. The van der Waals surface area contributed by atoms with Crippen molar-refractivity contribution in [2.24, 2.45) is 0 Å². The molecule has 0 atom stereocenters. The highest BCUT2D eigenvalue weighted by Crippen LogP contribution is 2.28. The van der Waals surface area contributed by atoms with Crippen LogP contribution in [0.1, 0.15) is 0 Å². The van der Waals surface area contributed by atoms with Gasteiger partial charge in [0.15, 0.2) is 5.16 Å². The van der Waals surface area contributed by atoms with Gasteiger partial charge in [-0.15, -0.1) is 11.3 Å². The summed E-state index contributed by atoms with van der Waals surface area (Å²) in [6.07, 6.45) is 0. The van der Waals surface area contributed by atoms with E-state index in [0.29, 0.717) is 32.7 Å². The number of hydrogen-bond donors (Lipinski definition) is 1. The largest absolute Gasteiger partial charge is 0.495 e. The average molecular weight is 494 g/mol. The van der Waals surface area contributed by atoms with Crippen LogP contribution in [0.4, 0.5) is 14.5 Å². The van der Waals surface area contributed by atoms with Crippen molar-refractivity contribution in [3.05, 3.63) is 74.9 Å². The lowest BCUT2D eigenvalue weighted by Crippen LogP contribution is -2.22. The van der Waals surface area contributed by atoms with Crippen LogP contribution in [-0.2, 0) is 4.79 Å². The molecule has 0 saturated carbocycles. The molecule has 0 radical (unpaired) electrons. The molecule has 11 heteroatoms. The lowest BCUT2D eigenvalue weighted by Gasteiger charge is -2.13. The maximum Gasteiger partial charge on any atom is 0.276 e. The summed E-state index contributed by atoms with van der Waals surface area (Å²) in [7, 11) is 1.48. The van der Waals surface area contributed by atoms with Gasteiger partial charge in [-0.2, -0.15) is 0 Å². The summed E-state index contributed by atoms with van der Waals surface area (Å²) in [4.78, 5) is 29.9. The Kier molecular flexibility index (Phi) is 6.45. The minimum absolute atomic E-state index is 0.0138. The Hall–Kier alpha value is -2.95. The average Bonchev–Trinajstić information content (AvgIpc) is 3.21. The standard InChI is InChI=1S/C21H14ClF2N3O3S2/c1-30-17-3-2-13(9-15(17)22)25-18(28)10-32-21-26-16-4-5-31-19(16)20(29)27(21)14-7-11(23)6-12(24)8-14/h2-9H,10H2,1H3,(H,25,28). The fourth-order valence-electron chi connectivity index (χ4n) is 2.96. The molecule has 0 unspecified atom stereocenters. The van der Waals surface area contributed by atoms with Crippen molar-refractivity contribution in [1.82, 2.24) is 9.55 Å². The zero-order valence-corrected chi connectivity index (χ0v) is 18.8. The van der Waals surface area contributed by atoms with Crippen LogP contribution in [0, 0.1) is 11.6 Å².